The number of hydrogen-bond acceptors (Lipinski definition) is 5. The third-order valence-corrected chi connectivity index (χ3v) is 4.01. The fraction of sp³-hybridized carbons (Fsp3) is 0.500. The van der Waals surface area contributed by atoms with Gasteiger partial charge in [0.2, 0.25) is 0 Å². The van der Waals surface area contributed by atoms with Crippen LogP contribution in [0.5, 0.6) is 0 Å². The first-order chi connectivity index (χ1) is 9.32. The van der Waals surface area contributed by atoms with E-state index in [1.165, 1.54) is 6.20 Å². The fourth-order valence-corrected chi connectivity index (χ4v) is 2.08. The zero-order valence-electron chi connectivity index (χ0n) is 12.1. The van der Waals surface area contributed by atoms with E-state index >= 15 is 0 Å². The summed E-state index contributed by atoms with van der Waals surface area (Å²) in [6.45, 7) is 7.81. The van der Waals surface area contributed by atoms with Gasteiger partial charge in [0.25, 0.3) is 0 Å². The van der Waals surface area contributed by atoms with Crippen molar-refractivity contribution >= 4 is 18.9 Å². The van der Waals surface area contributed by atoms with Gasteiger partial charge >= 0.3 is 7.12 Å². The molecule has 0 spiro atoms. The zero-order chi connectivity index (χ0) is 15.0. The number of rotatable bonds is 3. The number of nitrogens with zero attached hydrogens (tertiary/aromatic N) is 2. The quantitative estimate of drug-likeness (QED) is 0.606. The Kier molecular flexibility index (Phi) is 3.68. The predicted octanol–water partition coefficient (Wildman–Crippen LogP) is 0.994. The van der Waals surface area contributed by atoms with Gasteiger partial charge in [-0.25, -0.2) is 0 Å². The van der Waals surface area contributed by atoms with Gasteiger partial charge in [-0.15, -0.1) is 0 Å². The van der Waals surface area contributed by atoms with E-state index in [0.717, 1.165) is 6.29 Å². The van der Waals surface area contributed by atoms with E-state index in [1.807, 2.05) is 27.7 Å². The Bertz CT molecular complexity index is 562. The molecule has 1 aromatic rings. The Hall–Kier alpha value is -1.71. The van der Waals surface area contributed by atoms with E-state index in [2.05, 4.69) is 11.1 Å². The Morgan fingerprint density at radius 2 is 1.90 bits per heavy atom. The highest BCUT2D eigenvalue weighted by Gasteiger charge is 2.52. The van der Waals surface area contributed by atoms with Gasteiger partial charge in [-0.2, -0.15) is 5.26 Å². The number of pyridine rings is 1. The molecule has 0 radical (unpaired) electrons. The molecule has 6 heteroatoms. The average Bonchev–Trinajstić information content (AvgIpc) is 2.59. The Labute approximate surface area is 119 Å². The van der Waals surface area contributed by atoms with E-state index in [0.29, 0.717) is 16.6 Å². The molecule has 2 heterocycles. The fourth-order valence-electron chi connectivity index (χ4n) is 2.08. The maximum Gasteiger partial charge on any atom is 0.496 e. The first kappa shape index (κ1) is 14.7. The smallest absolute Gasteiger partial charge is 0.399 e. The topological polar surface area (TPSA) is 72.2 Å². The molecule has 104 valence electrons. The molecule has 0 unspecified atom stereocenters. The summed E-state index contributed by atoms with van der Waals surface area (Å²) in [6, 6.07) is 2.05. The highest BCUT2D eigenvalue weighted by molar-refractivity contribution is 6.62. The van der Waals surface area contributed by atoms with E-state index in [1.54, 1.807) is 6.20 Å². The molecule has 1 saturated heterocycles. The lowest BCUT2D eigenvalue weighted by atomic mass is 9.75. The van der Waals surface area contributed by atoms with Crippen LogP contribution in [-0.2, 0) is 20.5 Å². The average molecular weight is 272 g/mol. The van der Waals surface area contributed by atoms with Gasteiger partial charge in [-0.3, -0.25) is 4.98 Å². The van der Waals surface area contributed by atoms with Crippen molar-refractivity contribution in [3.05, 3.63) is 23.5 Å². The van der Waals surface area contributed by atoms with Crippen molar-refractivity contribution in [1.82, 2.24) is 4.98 Å². The maximum absolute atomic E-state index is 10.9. The highest BCUT2D eigenvalue weighted by Crippen LogP contribution is 2.36. The minimum absolute atomic E-state index is 0.144. The number of aldehydes is 1. The maximum atomic E-state index is 10.9. The predicted molar refractivity (Wildman–Crippen MR) is 74.4 cm³/mol. The van der Waals surface area contributed by atoms with Crippen LogP contribution >= 0.6 is 0 Å². The number of carbonyl (C=O) groups excluding carboxylic acids is 1. The van der Waals surface area contributed by atoms with Crippen molar-refractivity contribution in [2.24, 2.45) is 0 Å². The van der Waals surface area contributed by atoms with Crippen LogP contribution < -0.4 is 5.46 Å². The highest BCUT2D eigenvalue weighted by atomic mass is 16.7. The lowest BCUT2D eigenvalue weighted by Crippen LogP contribution is -2.41. The van der Waals surface area contributed by atoms with Gasteiger partial charge < -0.3 is 14.1 Å². The molecule has 1 fully saturated rings. The third kappa shape index (κ3) is 2.35. The second-order valence-electron chi connectivity index (χ2n) is 5.83. The molecule has 2 rings (SSSR count). The van der Waals surface area contributed by atoms with Crippen LogP contribution in [-0.4, -0.2) is 29.6 Å². The third-order valence-electron chi connectivity index (χ3n) is 4.01. The van der Waals surface area contributed by atoms with Gasteiger partial charge in [0.15, 0.2) is 0 Å². The molecule has 5 nitrogen and oxygen atoms in total. The van der Waals surface area contributed by atoms with Crippen molar-refractivity contribution in [3.8, 4) is 6.07 Å². The molecular formula is C14H17BN2O3. The van der Waals surface area contributed by atoms with Crippen LogP contribution in [0.25, 0.3) is 0 Å². The summed E-state index contributed by atoms with van der Waals surface area (Å²) in [4.78, 5) is 14.9. The normalized spacial score (nSPS) is 19.6. The van der Waals surface area contributed by atoms with Crippen molar-refractivity contribution in [3.63, 3.8) is 0 Å². The monoisotopic (exact) mass is 272 g/mol. The van der Waals surface area contributed by atoms with Crippen LogP contribution in [0, 0.1) is 11.3 Å². The molecule has 1 aliphatic rings. The van der Waals surface area contributed by atoms with Gasteiger partial charge in [0.05, 0.1) is 16.8 Å². The second-order valence-corrected chi connectivity index (χ2v) is 5.83. The molecule has 0 aliphatic carbocycles. The molecule has 20 heavy (non-hydrogen) atoms. The number of hydrogen-bond donors (Lipinski definition) is 0. The van der Waals surface area contributed by atoms with Crippen LogP contribution in [0.4, 0.5) is 0 Å². The minimum atomic E-state index is -0.615. The van der Waals surface area contributed by atoms with E-state index < -0.39 is 18.3 Å². The van der Waals surface area contributed by atoms with E-state index in [4.69, 9.17) is 14.6 Å². The van der Waals surface area contributed by atoms with Crippen molar-refractivity contribution in [2.45, 2.75) is 45.3 Å². The zero-order valence-corrected chi connectivity index (χ0v) is 12.1. The SMILES string of the molecule is CC1(C)OB(c2cncc(C#N)c2CC=O)OC1(C)C. The lowest BCUT2D eigenvalue weighted by molar-refractivity contribution is -0.107. The Morgan fingerprint density at radius 1 is 1.30 bits per heavy atom. The van der Waals surface area contributed by atoms with Crippen molar-refractivity contribution in [2.75, 3.05) is 0 Å². The van der Waals surface area contributed by atoms with Crippen molar-refractivity contribution in [1.29, 1.82) is 5.26 Å². The Balaban J connectivity index is 2.45. The number of nitriles is 1. The van der Waals surface area contributed by atoms with Gasteiger partial charge in [0.1, 0.15) is 12.4 Å². The second kappa shape index (κ2) is 5.00. The summed E-state index contributed by atoms with van der Waals surface area (Å²) in [6.07, 6.45) is 3.96. The summed E-state index contributed by atoms with van der Waals surface area (Å²) >= 11 is 0. The Morgan fingerprint density at radius 3 is 2.40 bits per heavy atom. The molecule has 0 bridgehead atoms. The van der Waals surface area contributed by atoms with Gasteiger partial charge in [-0.1, -0.05) is 0 Å². The number of aromatic nitrogens is 1. The molecule has 0 amide bonds. The summed E-state index contributed by atoms with van der Waals surface area (Å²) in [5.74, 6) is 0. The standard InChI is InChI=1S/C14H17BN2O3/c1-13(2)14(3,4)20-15(19-13)12-9-17-8-10(7-16)11(12)5-6-18/h6,8-9H,5H2,1-4H3. The lowest BCUT2D eigenvalue weighted by Gasteiger charge is -2.32. The number of carbonyl (C=O) groups is 1. The molecule has 0 aromatic carbocycles. The molecule has 0 N–H and O–H groups in total. The molecule has 0 saturated carbocycles. The van der Waals surface area contributed by atoms with Gasteiger partial charge in [-0.05, 0) is 33.3 Å². The van der Waals surface area contributed by atoms with Crippen LogP contribution in [0.15, 0.2) is 12.4 Å². The molecular weight excluding hydrogens is 255 g/mol. The molecule has 0 atom stereocenters. The van der Waals surface area contributed by atoms with Crippen molar-refractivity contribution < 1.29 is 14.1 Å². The van der Waals surface area contributed by atoms with E-state index in [-0.39, 0.29) is 6.42 Å². The molecule has 1 aliphatic heterocycles. The van der Waals surface area contributed by atoms with Gasteiger partial charge in [0, 0.05) is 24.3 Å². The van der Waals surface area contributed by atoms with Crippen LogP contribution in [0.3, 0.4) is 0 Å². The van der Waals surface area contributed by atoms with E-state index in [9.17, 15) is 4.79 Å². The first-order valence-corrected chi connectivity index (χ1v) is 6.48. The summed E-state index contributed by atoms with van der Waals surface area (Å²) in [7, 11) is -0.615. The summed E-state index contributed by atoms with van der Waals surface area (Å²) < 4.78 is 11.9. The minimum Gasteiger partial charge on any atom is -0.399 e. The summed E-state index contributed by atoms with van der Waals surface area (Å²) in [5, 5.41) is 9.13. The van der Waals surface area contributed by atoms with Crippen LogP contribution in [0.2, 0.25) is 0 Å². The first-order valence-electron chi connectivity index (χ1n) is 6.48. The molecule has 1 aromatic heterocycles. The largest absolute Gasteiger partial charge is 0.496 e. The summed E-state index contributed by atoms with van der Waals surface area (Å²) in [5.41, 5.74) is 0.701. The van der Waals surface area contributed by atoms with Crippen LogP contribution in [0.1, 0.15) is 38.8 Å².